The molecule has 0 N–H and O–H groups in total. The van der Waals surface area contributed by atoms with Gasteiger partial charge in [-0.05, 0) is 30.7 Å². The number of rotatable bonds is 4. The molecular weight excluding hydrogens is 365 g/mol. The van der Waals surface area contributed by atoms with E-state index in [1.54, 1.807) is 12.4 Å². The lowest BCUT2D eigenvalue weighted by Gasteiger charge is -2.10. The monoisotopic (exact) mass is 379 g/mol. The molecule has 24 heavy (non-hydrogen) atoms. The van der Waals surface area contributed by atoms with Gasteiger partial charge in [0.2, 0.25) is 5.06 Å². The molecule has 2 aromatic carbocycles. The Balaban J connectivity index is 1.97. The first kappa shape index (κ1) is 17.0. The van der Waals surface area contributed by atoms with Gasteiger partial charge in [0.05, 0.1) is 33.0 Å². The van der Waals surface area contributed by atoms with Gasteiger partial charge in [-0.2, -0.15) is 4.37 Å². The maximum Gasteiger partial charge on any atom is 0.209 e. The Morgan fingerprint density at radius 1 is 1.21 bits per heavy atom. The number of ether oxygens (including phenoxy) is 1. The Labute approximate surface area is 154 Å². The topological polar surface area (TPSA) is 37.7 Å². The summed E-state index contributed by atoms with van der Waals surface area (Å²) in [4.78, 5) is 6.20. The molecular formula is C17H15Cl2N3OS. The van der Waals surface area contributed by atoms with Crippen LogP contribution in [0.15, 0.2) is 35.3 Å². The highest BCUT2D eigenvalue weighted by Crippen LogP contribution is 2.41. The van der Waals surface area contributed by atoms with Crippen LogP contribution < -0.4 is 4.74 Å². The number of aromatic nitrogens is 1. The third-order valence-electron chi connectivity index (χ3n) is 3.30. The van der Waals surface area contributed by atoms with Crippen LogP contribution in [0.5, 0.6) is 10.8 Å². The van der Waals surface area contributed by atoms with E-state index in [0.717, 1.165) is 16.5 Å². The Morgan fingerprint density at radius 3 is 2.75 bits per heavy atom. The molecule has 0 amide bonds. The lowest BCUT2D eigenvalue weighted by Crippen LogP contribution is -2.07. The molecule has 0 unspecified atom stereocenters. The lowest BCUT2D eigenvalue weighted by atomic mass is 10.2. The maximum absolute atomic E-state index is 6.32. The van der Waals surface area contributed by atoms with Gasteiger partial charge < -0.3 is 9.64 Å². The van der Waals surface area contributed by atoms with Gasteiger partial charge in [0.15, 0.2) is 0 Å². The molecule has 124 valence electrons. The Kier molecular flexibility index (Phi) is 4.94. The zero-order valence-corrected chi connectivity index (χ0v) is 15.7. The van der Waals surface area contributed by atoms with Crippen LogP contribution in [0.3, 0.4) is 0 Å². The van der Waals surface area contributed by atoms with Crippen molar-refractivity contribution in [1.29, 1.82) is 0 Å². The molecule has 0 bridgehead atoms. The fourth-order valence-corrected chi connectivity index (χ4v) is 3.41. The Hall–Kier alpha value is -1.82. The van der Waals surface area contributed by atoms with E-state index >= 15 is 0 Å². The van der Waals surface area contributed by atoms with E-state index in [-0.39, 0.29) is 0 Å². The molecule has 0 fully saturated rings. The minimum absolute atomic E-state index is 0.522. The standard InChI is InChI=1S/C17H15Cl2N3OS/c1-10-7-14(20-9-22(2)3)12(19)8-15(10)23-17-16-11(18)5-4-6-13(16)21-24-17/h4-9H,1-3H3/b20-9-. The molecule has 1 aromatic heterocycles. The number of aliphatic imine (C=N–C) groups is 1. The van der Waals surface area contributed by atoms with Gasteiger partial charge in [-0.1, -0.05) is 29.3 Å². The van der Waals surface area contributed by atoms with Crippen LogP contribution in [0.1, 0.15) is 5.56 Å². The van der Waals surface area contributed by atoms with Gasteiger partial charge in [-0.15, -0.1) is 0 Å². The summed E-state index contributed by atoms with van der Waals surface area (Å²) in [6.07, 6.45) is 1.71. The molecule has 7 heteroatoms. The average Bonchev–Trinajstić information content (AvgIpc) is 2.93. The van der Waals surface area contributed by atoms with Gasteiger partial charge in [0.25, 0.3) is 0 Å². The van der Waals surface area contributed by atoms with Crippen LogP contribution >= 0.6 is 34.7 Å². The van der Waals surface area contributed by atoms with Crippen molar-refractivity contribution in [1.82, 2.24) is 9.27 Å². The van der Waals surface area contributed by atoms with E-state index in [4.69, 9.17) is 27.9 Å². The molecule has 0 atom stereocenters. The van der Waals surface area contributed by atoms with Crippen molar-refractivity contribution in [3.8, 4) is 10.8 Å². The second-order valence-corrected chi connectivity index (χ2v) is 7.03. The van der Waals surface area contributed by atoms with Crippen molar-refractivity contribution in [2.24, 2.45) is 4.99 Å². The normalized spacial score (nSPS) is 11.4. The number of hydrogen-bond donors (Lipinski definition) is 0. The summed E-state index contributed by atoms with van der Waals surface area (Å²) in [7, 11) is 3.81. The summed E-state index contributed by atoms with van der Waals surface area (Å²) in [6, 6.07) is 9.26. The van der Waals surface area contributed by atoms with E-state index < -0.39 is 0 Å². The number of fused-ring (bicyclic) bond motifs is 1. The van der Waals surface area contributed by atoms with Gasteiger partial charge in [-0.3, -0.25) is 0 Å². The minimum Gasteiger partial charge on any atom is -0.444 e. The first-order chi connectivity index (χ1) is 11.5. The molecule has 4 nitrogen and oxygen atoms in total. The Morgan fingerprint density at radius 2 is 2.00 bits per heavy atom. The lowest BCUT2D eigenvalue weighted by molar-refractivity contribution is 0.497. The third kappa shape index (κ3) is 3.48. The van der Waals surface area contributed by atoms with Crippen molar-refractivity contribution in [2.45, 2.75) is 6.92 Å². The molecule has 1 heterocycles. The molecule has 0 radical (unpaired) electrons. The van der Waals surface area contributed by atoms with Crippen molar-refractivity contribution < 1.29 is 4.74 Å². The van der Waals surface area contributed by atoms with E-state index in [2.05, 4.69) is 9.37 Å². The summed E-state index contributed by atoms with van der Waals surface area (Å²) < 4.78 is 10.4. The predicted octanol–water partition coefficient (Wildman–Crippen LogP) is 5.93. The Bertz CT molecular complexity index is 922. The summed E-state index contributed by atoms with van der Waals surface area (Å²) in [5.74, 6) is 0.661. The van der Waals surface area contributed by atoms with Gasteiger partial charge in [-0.25, -0.2) is 4.99 Å². The molecule has 0 aliphatic carbocycles. The quantitative estimate of drug-likeness (QED) is 0.416. The van der Waals surface area contributed by atoms with Gasteiger partial charge in [0.1, 0.15) is 5.75 Å². The van der Waals surface area contributed by atoms with Crippen molar-refractivity contribution in [3.05, 3.63) is 45.9 Å². The van der Waals surface area contributed by atoms with Crippen LogP contribution in [0, 0.1) is 6.92 Å². The first-order valence-corrected chi connectivity index (χ1v) is 8.71. The molecule has 3 aromatic rings. The van der Waals surface area contributed by atoms with E-state index in [1.807, 2.05) is 50.2 Å². The molecule has 3 rings (SSSR count). The average molecular weight is 380 g/mol. The molecule has 0 aliphatic heterocycles. The minimum atomic E-state index is 0.522. The third-order valence-corrected chi connectivity index (χ3v) is 4.66. The van der Waals surface area contributed by atoms with Crippen molar-refractivity contribution >= 4 is 57.7 Å². The van der Waals surface area contributed by atoms with Crippen LogP contribution in [0.4, 0.5) is 5.69 Å². The van der Waals surface area contributed by atoms with Crippen molar-refractivity contribution in [2.75, 3.05) is 14.1 Å². The summed E-state index contributed by atoms with van der Waals surface area (Å²) in [5.41, 5.74) is 2.44. The number of hydrogen-bond acceptors (Lipinski definition) is 4. The summed E-state index contributed by atoms with van der Waals surface area (Å²) in [6.45, 7) is 1.95. The van der Waals surface area contributed by atoms with Crippen LogP contribution in [-0.4, -0.2) is 29.7 Å². The zero-order valence-electron chi connectivity index (χ0n) is 13.4. The highest BCUT2D eigenvalue weighted by Gasteiger charge is 2.14. The van der Waals surface area contributed by atoms with E-state index in [0.29, 0.717) is 26.5 Å². The summed E-state index contributed by atoms with van der Waals surface area (Å²) in [5, 5.41) is 2.61. The summed E-state index contributed by atoms with van der Waals surface area (Å²) >= 11 is 13.9. The van der Waals surface area contributed by atoms with Gasteiger partial charge in [0, 0.05) is 31.7 Å². The first-order valence-electron chi connectivity index (χ1n) is 7.18. The SMILES string of the molecule is Cc1cc(/N=C\N(C)C)c(Cl)cc1Oc1snc2cccc(Cl)c12. The van der Waals surface area contributed by atoms with E-state index in [1.165, 1.54) is 11.5 Å². The van der Waals surface area contributed by atoms with E-state index in [9.17, 15) is 0 Å². The zero-order chi connectivity index (χ0) is 17.3. The van der Waals surface area contributed by atoms with Crippen molar-refractivity contribution in [3.63, 3.8) is 0 Å². The highest BCUT2D eigenvalue weighted by atomic mass is 35.5. The van der Waals surface area contributed by atoms with Gasteiger partial charge >= 0.3 is 0 Å². The number of benzene rings is 2. The number of halogens is 2. The molecule has 0 saturated carbocycles. The maximum atomic E-state index is 6.32. The second kappa shape index (κ2) is 6.97. The molecule has 0 saturated heterocycles. The highest BCUT2D eigenvalue weighted by molar-refractivity contribution is 7.09. The number of aryl methyl sites for hydroxylation is 1. The number of nitrogens with zero attached hydrogens (tertiary/aromatic N) is 3. The largest absolute Gasteiger partial charge is 0.444 e. The second-order valence-electron chi connectivity index (χ2n) is 5.48. The molecule has 0 spiro atoms. The van der Waals surface area contributed by atoms with Crippen LogP contribution in [-0.2, 0) is 0 Å². The fraction of sp³-hybridized carbons (Fsp3) is 0.176. The predicted molar refractivity (Wildman–Crippen MR) is 103 cm³/mol. The van der Waals surface area contributed by atoms with Crippen LogP contribution in [0.2, 0.25) is 10.0 Å². The van der Waals surface area contributed by atoms with Crippen LogP contribution in [0.25, 0.3) is 10.9 Å². The smallest absolute Gasteiger partial charge is 0.209 e. The molecule has 0 aliphatic rings. The fourth-order valence-electron chi connectivity index (χ4n) is 2.13.